The molecule has 1 aromatic carbocycles. The van der Waals surface area contributed by atoms with E-state index in [-0.39, 0.29) is 11.5 Å². The number of pyridine rings is 1. The molecule has 9 heteroatoms. The van der Waals surface area contributed by atoms with Gasteiger partial charge in [-0.1, -0.05) is 60.4 Å². The molecule has 2 fully saturated rings. The van der Waals surface area contributed by atoms with E-state index >= 15 is 0 Å². The molecule has 5 rings (SSSR count). The van der Waals surface area contributed by atoms with Crippen molar-refractivity contribution >= 4 is 63.5 Å². The molecule has 2 aliphatic rings. The lowest BCUT2D eigenvalue weighted by molar-refractivity contribution is -0.122. The highest BCUT2D eigenvalue weighted by Gasteiger charge is 2.33. The van der Waals surface area contributed by atoms with Crippen LogP contribution < -0.4 is 10.5 Å². The maximum absolute atomic E-state index is 13.6. The molecule has 6 nitrogen and oxygen atoms in total. The fourth-order valence-corrected chi connectivity index (χ4v) is 6.35. The maximum Gasteiger partial charge on any atom is 0.267 e. The minimum atomic E-state index is -0.170. The van der Waals surface area contributed by atoms with Gasteiger partial charge >= 0.3 is 0 Å². The number of amides is 1. The zero-order valence-corrected chi connectivity index (χ0v) is 21.2. The van der Waals surface area contributed by atoms with Crippen molar-refractivity contribution in [3.8, 4) is 0 Å². The van der Waals surface area contributed by atoms with Crippen molar-refractivity contribution in [3.63, 3.8) is 0 Å². The monoisotopic (exact) mass is 508 g/mol. The molecule has 0 saturated carbocycles. The van der Waals surface area contributed by atoms with E-state index in [1.54, 1.807) is 21.6 Å². The molecule has 0 N–H and O–H groups in total. The first-order valence-electron chi connectivity index (χ1n) is 11.2. The quantitative estimate of drug-likeness (QED) is 0.381. The van der Waals surface area contributed by atoms with Gasteiger partial charge in [-0.2, -0.15) is 11.8 Å². The molecule has 2 saturated heterocycles. The molecule has 2 aliphatic heterocycles. The molecule has 1 amide bonds. The molecule has 4 heterocycles. The number of carbonyl (C=O) groups excluding carboxylic acids is 1. The first-order chi connectivity index (χ1) is 16.5. The van der Waals surface area contributed by atoms with E-state index in [2.05, 4.69) is 4.90 Å². The van der Waals surface area contributed by atoms with Gasteiger partial charge in [-0.05, 0) is 36.6 Å². The third-order valence-corrected chi connectivity index (χ3v) is 8.31. The molecule has 0 spiro atoms. The summed E-state index contributed by atoms with van der Waals surface area (Å²) in [6, 6.07) is 13.8. The molecule has 2 aromatic heterocycles. The fraction of sp³-hybridized carbons (Fsp3) is 0.280. The van der Waals surface area contributed by atoms with Crippen molar-refractivity contribution in [3.05, 3.63) is 80.6 Å². The number of hydrogen-bond donors (Lipinski definition) is 0. The Balaban J connectivity index is 1.52. The summed E-state index contributed by atoms with van der Waals surface area (Å²) in [6.07, 6.45) is 4.15. The predicted molar refractivity (Wildman–Crippen MR) is 146 cm³/mol. The summed E-state index contributed by atoms with van der Waals surface area (Å²) in [7, 11) is 0. The number of thiocarbonyl (C=S) groups is 1. The normalized spacial score (nSPS) is 17.9. The van der Waals surface area contributed by atoms with E-state index in [1.165, 1.54) is 11.8 Å². The van der Waals surface area contributed by atoms with Crippen LogP contribution in [-0.4, -0.2) is 55.7 Å². The Hall–Kier alpha value is -2.62. The van der Waals surface area contributed by atoms with Crippen molar-refractivity contribution in [1.82, 2.24) is 14.3 Å². The van der Waals surface area contributed by atoms with Crippen LogP contribution in [0.1, 0.15) is 16.7 Å². The zero-order chi connectivity index (χ0) is 23.7. The smallest absolute Gasteiger partial charge is 0.267 e. The second kappa shape index (κ2) is 9.93. The van der Waals surface area contributed by atoms with Crippen LogP contribution in [0.5, 0.6) is 0 Å². The number of aromatic nitrogens is 2. The lowest BCUT2D eigenvalue weighted by Gasteiger charge is -2.29. The Morgan fingerprint density at radius 2 is 1.85 bits per heavy atom. The van der Waals surface area contributed by atoms with Gasteiger partial charge in [-0.3, -0.25) is 18.9 Å². The van der Waals surface area contributed by atoms with E-state index in [1.807, 2.05) is 61.2 Å². The lowest BCUT2D eigenvalue weighted by atomic mass is 10.1. The second-order valence-corrected chi connectivity index (χ2v) is 11.1. The summed E-state index contributed by atoms with van der Waals surface area (Å²) in [5, 5.41) is 0. The number of aryl methyl sites for hydroxylation is 1. The van der Waals surface area contributed by atoms with Crippen LogP contribution in [0.25, 0.3) is 11.7 Å². The molecular formula is C25H24N4O2S3. The number of benzene rings is 1. The molecule has 0 unspecified atom stereocenters. The topological polar surface area (TPSA) is 57.9 Å². The molecular weight excluding hydrogens is 485 g/mol. The number of fused-ring (bicyclic) bond motifs is 1. The molecule has 3 aromatic rings. The first kappa shape index (κ1) is 23.1. The summed E-state index contributed by atoms with van der Waals surface area (Å²) in [5.41, 5.74) is 3.01. The number of nitrogens with zero attached hydrogens (tertiary/aromatic N) is 4. The molecule has 0 atom stereocenters. The average molecular weight is 509 g/mol. The van der Waals surface area contributed by atoms with Crippen LogP contribution in [0, 0.1) is 6.92 Å². The van der Waals surface area contributed by atoms with Crippen LogP contribution in [0.2, 0.25) is 0 Å². The highest BCUT2D eigenvalue weighted by Crippen LogP contribution is 2.34. The van der Waals surface area contributed by atoms with Gasteiger partial charge in [-0.25, -0.2) is 4.98 Å². The number of anilines is 1. The number of rotatable bonds is 5. The largest absolute Gasteiger partial charge is 0.354 e. The van der Waals surface area contributed by atoms with Gasteiger partial charge in [0.2, 0.25) is 0 Å². The molecule has 34 heavy (non-hydrogen) atoms. The predicted octanol–water partition coefficient (Wildman–Crippen LogP) is 4.00. The van der Waals surface area contributed by atoms with E-state index in [4.69, 9.17) is 17.2 Å². The van der Waals surface area contributed by atoms with Gasteiger partial charge in [-0.15, -0.1) is 0 Å². The summed E-state index contributed by atoms with van der Waals surface area (Å²) in [6.45, 7) is 4.10. The molecule has 0 bridgehead atoms. The van der Waals surface area contributed by atoms with Crippen LogP contribution in [0.15, 0.2) is 58.4 Å². The number of thioether (sulfide) groups is 2. The molecule has 174 valence electrons. The Labute approximate surface area is 212 Å². The van der Waals surface area contributed by atoms with Crippen LogP contribution >= 0.6 is 35.7 Å². The lowest BCUT2D eigenvalue weighted by Crippen LogP contribution is -2.36. The minimum absolute atomic E-state index is 0.153. The Bertz CT molecular complexity index is 1350. The standard InChI is InChI=1S/C25H24N4O2S3/c1-17-6-5-10-28-21(17)26-22(27-12-14-33-15-13-27)19(23(28)30)16-20-24(31)29(25(32)34-20)11-9-18-7-3-2-4-8-18/h2-8,10,16H,9,11-15H2,1H3. The van der Waals surface area contributed by atoms with Crippen LogP contribution in [0.4, 0.5) is 5.82 Å². The van der Waals surface area contributed by atoms with Gasteiger partial charge in [0.25, 0.3) is 11.5 Å². The van der Waals surface area contributed by atoms with Crippen molar-refractivity contribution in [2.24, 2.45) is 0 Å². The summed E-state index contributed by atoms with van der Waals surface area (Å²) < 4.78 is 2.09. The molecule has 0 radical (unpaired) electrons. The Morgan fingerprint density at radius 3 is 2.62 bits per heavy atom. The van der Waals surface area contributed by atoms with Gasteiger partial charge in [0, 0.05) is 37.3 Å². The zero-order valence-electron chi connectivity index (χ0n) is 18.8. The summed E-state index contributed by atoms with van der Waals surface area (Å²) >= 11 is 8.68. The van der Waals surface area contributed by atoms with Crippen molar-refractivity contribution < 1.29 is 4.79 Å². The van der Waals surface area contributed by atoms with Gasteiger partial charge in [0.05, 0.1) is 10.5 Å². The van der Waals surface area contributed by atoms with Gasteiger partial charge in [0.1, 0.15) is 15.8 Å². The van der Waals surface area contributed by atoms with E-state index in [0.717, 1.165) is 42.1 Å². The number of hydrogen-bond acceptors (Lipinski definition) is 7. The first-order valence-corrected chi connectivity index (χ1v) is 13.5. The van der Waals surface area contributed by atoms with Gasteiger partial charge < -0.3 is 4.90 Å². The fourth-order valence-electron chi connectivity index (χ4n) is 4.15. The third-order valence-electron chi connectivity index (χ3n) is 5.99. The van der Waals surface area contributed by atoms with E-state index in [0.29, 0.717) is 32.8 Å². The SMILES string of the molecule is Cc1cccn2c(=O)c(C=C3SC(=S)N(CCc4ccccc4)C3=O)c(N3CCSCC3)nc12. The number of carbonyl (C=O) groups is 1. The van der Waals surface area contributed by atoms with E-state index < -0.39 is 0 Å². The Kier molecular flexibility index (Phi) is 6.76. The maximum atomic E-state index is 13.6. The average Bonchev–Trinajstić information content (AvgIpc) is 3.13. The van der Waals surface area contributed by atoms with Crippen molar-refractivity contribution in [2.45, 2.75) is 13.3 Å². The summed E-state index contributed by atoms with van der Waals surface area (Å²) in [4.78, 5) is 36.0. The van der Waals surface area contributed by atoms with Gasteiger partial charge in [0.15, 0.2) is 0 Å². The van der Waals surface area contributed by atoms with Crippen LogP contribution in [0.3, 0.4) is 0 Å². The summed E-state index contributed by atoms with van der Waals surface area (Å²) in [5.74, 6) is 2.46. The second-order valence-electron chi connectivity index (χ2n) is 8.21. The van der Waals surface area contributed by atoms with Crippen molar-refractivity contribution in [1.29, 1.82) is 0 Å². The highest BCUT2D eigenvalue weighted by atomic mass is 32.2. The Morgan fingerprint density at radius 1 is 1.09 bits per heavy atom. The minimum Gasteiger partial charge on any atom is -0.354 e. The molecule has 0 aliphatic carbocycles. The van der Waals surface area contributed by atoms with E-state index in [9.17, 15) is 9.59 Å². The highest BCUT2D eigenvalue weighted by molar-refractivity contribution is 8.26. The third kappa shape index (κ3) is 4.52. The van der Waals surface area contributed by atoms with Crippen molar-refractivity contribution in [2.75, 3.05) is 36.0 Å². The van der Waals surface area contributed by atoms with Crippen LogP contribution in [-0.2, 0) is 11.2 Å².